The molecule has 0 aliphatic heterocycles. The Morgan fingerprint density at radius 1 is 1.42 bits per heavy atom. The number of nitrogens with zero attached hydrogens (tertiary/aromatic N) is 3. The van der Waals surface area contributed by atoms with Gasteiger partial charge in [-0.3, -0.25) is 14.5 Å². The van der Waals surface area contributed by atoms with E-state index in [1.54, 1.807) is 23.3 Å². The van der Waals surface area contributed by atoms with Crippen LogP contribution in [0.5, 0.6) is 0 Å². The van der Waals surface area contributed by atoms with Gasteiger partial charge in [-0.1, -0.05) is 6.07 Å². The van der Waals surface area contributed by atoms with E-state index in [0.717, 1.165) is 10.0 Å². The summed E-state index contributed by atoms with van der Waals surface area (Å²) in [7, 11) is 0. The van der Waals surface area contributed by atoms with Crippen LogP contribution in [0.15, 0.2) is 35.2 Å². The topological polar surface area (TPSA) is 47.8 Å². The molecule has 0 aliphatic carbocycles. The predicted octanol–water partition coefficient (Wildman–Crippen LogP) is 3.44. The number of halogens is 1. The van der Waals surface area contributed by atoms with E-state index in [1.807, 2.05) is 26.0 Å². The van der Waals surface area contributed by atoms with Crippen LogP contribution in [-0.4, -0.2) is 20.5 Å². The molecule has 0 fully saturated rings. The van der Waals surface area contributed by atoms with Gasteiger partial charge in [0.25, 0.3) is 0 Å². The second kappa shape index (κ2) is 6.10. The summed E-state index contributed by atoms with van der Waals surface area (Å²) in [4.78, 5) is 16.4. The summed E-state index contributed by atoms with van der Waals surface area (Å²) in [6, 6.07) is 4.03. The van der Waals surface area contributed by atoms with Crippen molar-refractivity contribution in [2.45, 2.75) is 32.7 Å². The Morgan fingerprint density at radius 2 is 2.21 bits per heavy atom. The SMILES string of the molecule is CC(C)n1ncc(Br)c1C(=O)CCc1cccnc1. The average molecular weight is 322 g/mol. The van der Waals surface area contributed by atoms with Crippen LogP contribution in [-0.2, 0) is 6.42 Å². The minimum Gasteiger partial charge on any atom is -0.292 e. The number of hydrogen-bond acceptors (Lipinski definition) is 3. The Bertz CT molecular complexity index is 563. The number of carbonyl (C=O) groups is 1. The summed E-state index contributed by atoms with van der Waals surface area (Å²) < 4.78 is 2.52. The molecule has 2 aromatic heterocycles. The highest BCUT2D eigenvalue weighted by Gasteiger charge is 2.18. The molecule has 0 aliphatic rings. The van der Waals surface area contributed by atoms with Crippen molar-refractivity contribution in [2.24, 2.45) is 0 Å². The van der Waals surface area contributed by atoms with Crippen LogP contribution < -0.4 is 0 Å². The van der Waals surface area contributed by atoms with Crippen LogP contribution in [0.1, 0.15) is 42.4 Å². The Balaban J connectivity index is 2.10. The van der Waals surface area contributed by atoms with Gasteiger partial charge in [-0.15, -0.1) is 0 Å². The second-order valence-electron chi connectivity index (χ2n) is 4.66. The lowest BCUT2D eigenvalue weighted by Gasteiger charge is -2.10. The molecule has 2 rings (SSSR count). The molecule has 0 bridgehead atoms. The normalized spacial score (nSPS) is 10.9. The molecule has 4 nitrogen and oxygen atoms in total. The van der Waals surface area contributed by atoms with Crippen molar-refractivity contribution in [1.29, 1.82) is 0 Å². The molecule has 0 atom stereocenters. The van der Waals surface area contributed by atoms with Gasteiger partial charge in [0.05, 0.1) is 10.7 Å². The highest BCUT2D eigenvalue weighted by Crippen LogP contribution is 2.21. The van der Waals surface area contributed by atoms with E-state index in [9.17, 15) is 4.79 Å². The largest absolute Gasteiger partial charge is 0.292 e. The number of ketones is 1. The van der Waals surface area contributed by atoms with Gasteiger partial charge in [-0.2, -0.15) is 5.10 Å². The molecule has 2 aromatic rings. The molecule has 0 unspecified atom stereocenters. The molecular weight excluding hydrogens is 306 g/mol. The molecule has 0 saturated heterocycles. The van der Waals surface area contributed by atoms with Gasteiger partial charge in [-0.05, 0) is 47.8 Å². The van der Waals surface area contributed by atoms with E-state index in [1.165, 1.54) is 0 Å². The molecule has 0 spiro atoms. The van der Waals surface area contributed by atoms with Crippen LogP contribution in [0.25, 0.3) is 0 Å². The number of rotatable bonds is 5. The first-order valence-electron chi connectivity index (χ1n) is 6.24. The number of Topliss-reactive ketones (excluding diaryl/α,β-unsaturated/α-hetero) is 1. The van der Waals surface area contributed by atoms with Gasteiger partial charge in [0.15, 0.2) is 5.78 Å². The number of hydrogen-bond donors (Lipinski definition) is 0. The van der Waals surface area contributed by atoms with Gasteiger partial charge in [-0.25, -0.2) is 0 Å². The molecule has 5 heteroatoms. The molecule has 0 radical (unpaired) electrons. The average Bonchev–Trinajstić information content (AvgIpc) is 2.79. The quantitative estimate of drug-likeness (QED) is 0.792. The first-order chi connectivity index (χ1) is 9.09. The van der Waals surface area contributed by atoms with Crippen LogP contribution in [0.3, 0.4) is 0 Å². The fourth-order valence-corrected chi connectivity index (χ4v) is 2.41. The number of aromatic nitrogens is 3. The van der Waals surface area contributed by atoms with Gasteiger partial charge in [0, 0.05) is 24.9 Å². The highest BCUT2D eigenvalue weighted by atomic mass is 79.9. The molecule has 19 heavy (non-hydrogen) atoms. The van der Waals surface area contributed by atoms with Crippen LogP contribution in [0, 0.1) is 0 Å². The molecule has 0 N–H and O–H groups in total. The van der Waals surface area contributed by atoms with E-state index in [-0.39, 0.29) is 11.8 Å². The van der Waals surface area contributed by atoms with Crippen molar-refractivity contribution in [3.63, 3.8) is 0 Å². The predicted molar refractivity (Wildman–Crippen MR) is 77.2 cm³/mol. The fourth-order valence-electron chi connectivity index (χ4n) is 1.92. The Kier molecular flexibility index (Phi) is 4.47. The number of pyridine rings is 1. The van der Waals surface area contributed by atoms with Crippen LogP contribution in [0.4, 0.5) is 0 Å². The third kappa shape index (κ3) is 3.29. The molecule has 2 heterocycles. The first-order valence-corrected chi connectivity index (χ1v) is 7.04. The van der Waals surface area contributed by atoms with Crippen molar-refractivity contribution in [1.82, 2.24) is 14.8 Å². The third-order valence-electron chi connectivity index (χ3n) is 2.87. The molecular formula is C14H16BrN3O. The Hall–Kier alpha value is -1.49. The minimum absolute atomic E-state index is 0.0990. The zero-order valence-corrected chi connectivity index (χ0v) is 12.6. The summed E-state index contributed by atoms with van der Waals surface area (Å²) >= 11 is 3.40. The van der Waals surface area contributed by atoms with Gasteiger partial charge >= 0.3 is 0 Å². The lowest BCUT2D eigenvalue weighted by Crippen LogP contribution is -2.13. The molecule has 0 amide bonds. The van der Waals surface area contributed by atoms with Crippen LogP contribution in [0.2, 0.25) is 0 Å². The standard InChI is InChI=1S/C14H16BrN3O/c1-10(2)18-14(12(15)9-17-18)13(19)6-5-11-4-3-7-16-8-11/h3-4,7-10H,5-6H2,1-2H3. The first kappa shape index (κ1) is 13.9. The van der Waals surface area contributed by atoms with Crippen molar-refractivity contribution < 1.29 is 4.79 Å². The lowest BCUT2D eigenvalue weighted by atomic mass is 10.1. The zero-order chi connectivity index (χ0) is 13.8. The second-order valence-corrected chi connectivity index (χ2v) is 5.52. The van der Waals surface area contributed by atoms with E-state index in [0.29, 0.717) is 18.5 Å². The third-order valence-corrected chi connectivity index (χ3v) is 3.45. The molecule has 100 valence electrons. The van der Waals surface area contributed by atoms with Crippen molar-refractivity contribution in [3.8, 4) is 0 Å². The summed E-state index contributed by atoms with van der Waals surface area (Å²) in [5, 5.41) is 4.23. The van der Waals surface area contributed by atoms with E-state index >= 15 is 0 Å². The van der Waals surface area contributed by atoms with Gasteiger partial charge in [0.1, 0.15) is 5.69 Å². The molecule has 0 aromatic carbocycles. The summed E-state index contributed by atoms with van der Waals surface area (Å²) in [5.41, 5.74) is 1.72. The maximum atomic E-state index is 12.3. The lowest BCUT2D eigenvalue weighted by molar-refractivity contribution is 0.0969. The van der Waals surface area contributed by atoms with Crippen molar-refractivity contribution in [2.75, 3.05) is 0 Å². The van der Waals surface area contributed by atoms with E-state index in [2.05, 4.69) is 26.0 Å². The van der Waals surface area contributed by atoms with Crippen LogP contribution >= 0.6 is 15.9 Å². The molecule has 0 saturated carbocycles. The highest BCUT2D eigenvalue weighted by molar-refractivity contribution is 9.10. The van der Waals surface area contributed by atoms with E-state index in [4.69, 9.17) is 0 Å². The Labute approximate surface area is 121 Å². The van der Waals surface area contributed by atoms with Crippen molar-refractivity contribution in [3.05, 3.63) is 46.5 Å². The number of carbonyl (C=O) groups excluding carboxylic acids is 1. The number of aryl methyl sites for hydroxylation is 1. The van der Waals surface area contributed by atoms with Gasteiger partial charge in [0.2, 0.25) is 0 Å². The zero-order valence-electron chi connectivity index (χ0n) is 11.0. The van der Waals surface area contributed by atoms with Gasteiger partial charge < -0.3 is 0 Å². The van der Waals surface area contributed by atoms with E-state index < -0.39 is 0 Å². The summed E-state index contributed by atoms with van der Waals surface area (Å²) in [5.74, 6) is 0.0990. The monoisotopic (exact) mass is 321 g/mol. The summed E-state index contributed by atoms with van der Waals surface area (Å²) in [6.45, 7) is 4.02. The fraction of sp³-hybridized carbons (Fsp3) is 0.357. The van der Waals surface area contributed by atoms with Crippen molar-refractivity contribution >= 4 is 21.7 Å². The maximum Gasteiger partial charge on any atom is 0.182 e. The maximum absolute atomic E-state index is 12.3. The smallest absolute Gasteiger partial charge is 0.182 e. The Morgan fingerprint density at radius 3 is 2.84 bits per heavy atom. The minimum atomic E-state index is 0.0990. The summed E-state index contributed by atoms with van der Waals surface area (Å²) in [6.07, 6.45) is 6.36.